The molecule has 1 fully saturated rings. The van der Waals surface area contributed by atoms with Gasteiger partial charge < -0.3 is 10.0 Å². The van der Waals surface area contributed by atoms with E-state index in [0.717, 1.165) is 19.3 Å². The number of aliphatic carboxylic acids is 1. The molecule has 1 saturated heterocycles. The van der Waals surface area contributed by atoms with Crippen molar-refractivity contribution in [3.8, 4) is 0 Å². The number of carbonyl (C=O) groups excluding carboxylic acids is 1. The molecule has 0 saturated carbocycles. The lowest BCUT2D eigenvalue weighted by Gasteiger charge is -2.39. The third-order valence-corrected chi connectivity index (χ3v) is 3.03. The van der Waals surface area contributed by atoms with Crippen molar-refractivity contribution in [3.05, 3.63) is 0 Å². The van der Waals surface area contributed by atoms with E-state index in [2.05, 4.69) is 0 Å². The molecule has 0 spiro atoms. The first-order chi connectivity index (χ1) is 7.02. The highest BCUT2D eigenvalue weighted by molar-refractivity contribution is 5.81. The van der Waals surface area contributed by atoms with E-state index < -0.39 is 5.97 Å². The lowest BCUT2D eigenvalue weighted by atomic mass is 9.97. The van der Waals surface area contributed by atoms with Crippen LogP contribution in [-0.4, -0.2) is 34.0 Å². The van der Waals surface area contributed by atoms with Crippen LogP contribution in [0.5, 0.6) is 0 Å². The Bertz CT molecular complexity index is 242. The van der Waals surface area contributed by atoms with Gasteiger partial charge in [-0.2, -0.15) is 0 Å². The Labute approximate surface area is 90.3 Å². The third-order valence-electron chi connectivity index (χ3n) is 3.03. The molecule has 0 radical (unpaired) electrons. The summed E-state index contributed by atoms with van der Waals surface area (Å²) in [6.07, 6.45) is 3.29. The van der Waals surface area contributed by atoms with Gasteiger partial charge in [0.2, 0.25) is 5.91 Å². The number of carboxylic acid groups (broad SMARTS) is 1. The molecule has 1 aliphatic heterocycles. The molecule has 0 unspecified atom stereocenters. The van der Waals surface area contributed by atoms with Gasteiger partial charge in [-0.05, 0) is 33.1 Å². The summed E-state index contributed by atoms with van der Waals surface area (Å²) in [5, 5.41) is 8.52. The Morgan fingerprint density at radius 1 is 1.20 bits per heavy atom. The summed E-state index contributed by atoms with van der Waals surface area (Å²) in [4.78, 5) is 24.0. The van der Waals surface area contributed by atoms with E-state index in [1.807, 2.05) is 18.7 Å². The molecular weight excluding hydrogens is 194 g/mol. The zero-order chi connectivity index (χ0) is 11.4. The van der Waals surface area contributed by atoms with E-state index in [4.69, 9.17) is 5.11 Å². The van der Waals surface area contributed by atoms with Gasteiger partial charge in [0.25, 0.3) is 0 Å². The number of hydrogen-bond donors (Lipinski definition) is 1. The van der Waals surface area contributed by atoms with Crippen LogP contribution in [0.4, 0.5) is 0 Å². The molecule has 4 nitrogen and oxygen atoms in total. The van der Waals surface area contributed by atoms with Gasteiger partial charge in [0.15, 0.2) is 0 Å². The monoisotopic (exact) mass is 213 g/mol. The minimum absolute atomic E-state index is 0.0166. The first-order valence-corrected chi connectivity index (χ1v) is 5.55. The molecule has 1 aliphatic rings. The van der Waals surface area contributed by atoms with Crippen LogP contribution in [0.2, 0.25) is 0 Å². The Morgan fingerprint density at radius 2 is 1.73 bits per heavy atom. The van der Waals surface area contributed by atoms with Crippen LogP contribution < -0.4 is 0 Å². The second-order valence-electron chi connectivity index (χ2n) is 4.32. The van der Waals surface area contributed by atoms with Crippen molar-refractivity contribution in [3.63, 3.8) is 0 Å². The number of rotatable bonds is 3. The van der Waals surface area contributed by atoms with E-state index in [0.29, 0.717) is 0 Å². The van der Waals surface area contributed by atoms with Gasteiger partial charge in [-0.25, -0.2) is 0 Å². The molecule has 1 heterocycles. The number of amides is 1. The topological polar surface area (TPSA) is 57.6 Å². The summed E-state index contributed by atoms with van der Waals surface area (Å²) in [6.45, 7) is 4.07. The fraction of sp³-hybridized carbons (Fsp3) is 0.818. The van der Waals surface area contributed by atoms with Crippen molar-refractivity contribution < 1.29 is 14.7 Å². The normalized spacial score (nSPS) is 26.4. The van der Waals surface area contributed by atoms with Gasteiger partial charge in [0.05, 0.1) is 6.42 Å². The van der Waals surface area contributed by atoms with Crippen LogP contribution in [0, 0.1) is 0 Å². The number of nitrogens with zero attached hydrogens (tertiary/aromatic N) is 1. The van der Waals surface area contributed by atoms with Gasteiger partial charge in [-0.15, -0.1) is 0 Å². The van der Waals surface area contributed by atoms with E-state index in [-0.39, 0.29) is 30.8 Å². The van der Waals surface area contributed by atoms with Crippen LogP contribution in [0.1, 0.15) is 46.0 Å². The van der Waals surface area contributed by atoms with Crippen LogP contribution in [0.15, 0.2) is 0 Å². The average Bonchev–Trinajstić information content (AvgIpc) is 2.14. The lowest BCUT2D eigenvalue weighted by molar-refractivity contribution is -0.143. The molecule has 1 rings (SSSR count). The number of likely N-dealkylation sites (tertiary alicyclic amines) is 1. The molecule has 4 heteroatoms. The molecular formula is C11H19NO3. The molecule has 0 aliphatic carbocycles. The maximum Gasteiger partial charge on any atom is 0.303 e. The van der Waals surface area contributed by atoms with Crippen LogP contribution >= 0.6 is 0 Å². The average molecular weight is 213 g/mol. The molecule has 0 bridgehead atoms. The fourth-order valence-electron chi connectivity index (χ4n) is 2.26. The van der Waals surface area contributed by atoms with Crippen molar-refractivity contribution in [1.82, 2.24) is 4.90 Å². The molecule has 2 atom stereocenters. The Hall–Kier alpha value is -1.06. The quantitative estimate of drug-likeness (QED) is 0.775. The third kappa shape index (κ3) is 3.22. The second-order valence-corrected chi connectivity index (χ2v) is 4.32. The highest BCUT2D eigenvalue weighted by Gasteiger charge is 2.28. The van der Waals surface area contributed by atoms with Gasteiger partial charge in [0, 0.05) is 18.5 Å². The van der Waals surface area contributed by atoms with E-state index in [9.17, 15) is 9.59 Å². The predicted molar refractivity (Wildman–Crippen MR) is 56.5 cm³/mol. The van der Waals surface area contributed by atoms with Gasteiger partial charge in [-0.3, -0.25) is 9.59 Å². The maximum absolute atomic E-state index is 11.8. The summed E-state index contributed by atoms with van der Waals surface area (Å²) in [7, 11) is 0. The van der Waals surface area contributed by atoms with Gasteiger partial charge in [-0.1, -0.05) is 0 Å². The standard InChI is InChI=1S/C11H19NO3/c1-8-4-3-5-9(2)12(8)10(13)6-7-11(14)15/h8-9H,3-7H2,1-2H3,(H,14,15)/t8-,9-/m1/s1. The zero-order valence-corrected chi connectivity index (χ0v) is 9.40. The van der Waals surface area contributed by atoms with E-state index in [1.54, 1.807) is 0 Å². The molecule has 0 aromatic rings. The van der Waals surface area contributed by atoms with Crippen LogP contribution in [0.3, 0.4) is 0 Å². The molecule has 0 aromatic carbocycles. The number of carbonyl (C=O) groups is 2. The molecule has 86 valence electrons. The minimum Gasteiger partial charge on any atom is -0.481 e. The predicted octanol–water partition coefficient (Wildman–Crippen LogP) is 1.64. The molecule has 1 N–H and O–H groups in total. The summed E-state index contributed by atoms with van der Waals surface area (Å²) < 4.78 is 0. The van der Waals surface area contributed by atoms with Crippen LogP contribution in [-0.2, 0) is 9.59 Å². The SMILES string of the molecule is C[C@@H]1CCC[C@@H](C)N1C(=O)CCC(=O)O. The minimum atomic E-state index is -0.902. The van der Waals surface area contributed by atoms with E-state index >= 15 is 0 Å². The maximum atomic E-state index is 11.8. The van der Waals surface area contributed by atoms with Crippen molar-refractivity contribution in [2.24, 2.45) is 0 Å². The van der Waals surface area contributed by atoms with Gasteiger partial charge >= 0.3 is 5.97 Å². The van der Waals surface area contributed by atoms with Crippen molar-refractivity contribution in [1.29, 1.82) is 0 Å². The van der Waals surface area contributed by atoms with Crippen molar-refractivity contribution >= 4 is 11.9 Å². The van der Waals surface area contributed by atoms with E-state index in [1.165, 1.54) is 0 Å². The number of piperidine rings is 1. The highest BCUT2D eigenvalue weighted by Crippen LogP contribution is 2.23. The van der Waals surface area contributed by atoms with Crippen LogP contribution in [0.25, 0.3) is 0 Å². The number of carboxylic acids is 1. The smallest absolute Gasteiger partial charge is 0.303 e. The Balaban J connectivity index is 2.51. The molecule has 1 amide bonds. The lowest BCUT2D eigenvalue weighted by Crippen LogP contribution is -2.47. The fourth-order valence-corrected chi connectivity index (χ4v) is 2.26. The summed E-state index contributed by atoms with van der Waals surface area (Å²) in [5.41, 5.74) is 0. The largest absolute Gasteiger partial charge is 0.481 e. The van der Waals surface area contributed by atoms with Gasteiger partial charge in [0.1, 0.15) is 0 Å². The second kappa shape index (κ2) is 5.14. The Kier molecular flexibility index (Phi) is 4.12. The zero-order valence-electron chi connectivity index (χ0n) is 9.40. The van der Waals surface area contributed by atoms with Crippen molar-refractivity contribution in [2.45, 2.75) is 58.0 Å². The molecule has 15 heavy (non-hydrogen) atoms. The highest BCUT2D eigenvalue weighted by atomic mass is 16.4. The number of hydrogen-bond acceptors (Lipinski definition) is 2. The summed E-state index contributed by atoms with van der Waals surface area (Å²) in [6, 6.07) is 0.519. The first kappa shape index (κ1) is 12.0. The van der Waals surface area contributed by atoms with Crippen molar-refractivity contribution in [2.75, 3.05) is 0 Å². The Morgan fingerprint density at radius 3 is 2.20 bits per heavy atom. The molecule has 0 aromatic heterocycles. The summed E-state index contributed by atoms with van der Waals surface area (Å²) >= 11 is 0. The first-order valence-electron chi connectivity index (χ1n) is 5.55. The summed E-state index contributed by atoms with van der Waals surface area (Å²) in [5.74, 6) is -0.919.